The Labute approximate surface area is 224 Å². The molecule has 0 radical (unpaired) electrons. The minimum Gasteiger partial charge on any atom is -0.379 e. The van der Waals surface area contributed by atoms with Gasteiger partial charge in [-0.05, 0) is 38.0 Å². The Bertz CT molecular complexity index is 1490. The fraction of sp³-hybridized carbons (Fsp3) is 0.560. The summed E-state index contributed by atoms with van der Waals surface area (Å²) in [5.74, 6) is 0.939. The van der Waals surface area contributed by atoms with Crippen molar-refractivity contribution in [3.8, 4) is 5.69 Å². The second-order valence-electron chi connectivity index (χ2n) is 10.9. The van der Waals surface area contributed by atoms with Crippen molar-refractivity contribution in [2.45, 2.75) is 42.8 Å². The number of fused-ring (bicyclic) bond motifs is 1. The number of ether oxygens (including phenoxy) is 1. The van der Waals surface area contributed by atoms with E-state index in [1.165, 1.54) is 17.0 Å². The summed E-state index contributed by atoms with van der Waals surface area (Å²) in [7, 11) is -3.12. The van der Waals surface area contributed by atoms with Crippen LogP contribution in [0, 0.1) is 0 Å². The molecule has 39 heavy (non-hydrogen) atoms. The molecule has 1 saturated carbocycles. The van der Waals surface area contributed by atoms with Gasteiger partial charge in [0.1, 0.15) is 15.7 Å². The van der Waals surface area contributed by atoms with E-state index in [2.05, 4.69) is 32.1 Å². The predicted molar refractivity (Wildman–Crippen MR) is 140 cm³/mol. The molecule has 0 amide bonds. The summed E-state index contributed by atoms with van der Waals surface area (Å²) in [5, 5.41) is 7.87. The van der Waals surface area contributed by atoms with Crippen LogP contribution in [-0.4, -0.2) is 95.5 Å². The number of halogens is 3. The van der Waals surface area contributed by atoms with E-state index < -0.39 is 26.8 Å². The molecule has 3 fully saturated rings. The zero-order valence-electron chi connectivity index (χ0n) is 21.6. The molecule has 2 aromatic heterocycles. The second kappa shape index (κ2) is 9.30. The predicted octanol–water partition coefficient (Wildman–Crippen LogP) is 2.73. The van der Waals surface area contributed by atoms with Crippen LogP contribution in [0.2, 0.25) is 0 Å². The molecule has 0 bridgehead atoms. The first kappa shape index (κ1) is 26.3. The van der Waals surface area contributed by atoms with Crippen molar-refractivity contribution in [1.29, 1.82) is 0 Å². The van der Waals surface area contributed by atoms with Crippen LogP contribution in [0.3, 0.4) is 0 Å². The SMILES string of the molecule is CC1(N2CCOCC2)CN(c2nc(N[C@H]3C[C@H](S(C)(=O)=O)C3)nc3c2cnn3-c2cccc(C(F)(F)F)c2)C1. The number of hydrogen-bond acceptors (Lipinski definition) is 9. The molecule has 0 atom stereocenters. The van der Waals surface area contributed by atoms with Crippen LogP contribution in [0.4, 0.5) is 24.9 Å². The molecule has 3 aliphatic rings. The number of alkyl halides is 3. The molecule has 14 heteroatoms. The molecular formula is C25H30F3N7O3S. The fourth-order valence-electron chi connectivity index (χ4n) is 5.65. The van der Waals surface area contributed by atoms with E-state index in [1.807, 2.05) is 0 Å². The van der Waals surface area contributed by atoms with Gasteiger partial charge in [-0.1, -0.05) is 6.07 Å². The molecule has 6 rings (SSSR count). The van der Waals surface area contributed by atoms with E-state index in [4.69, 9.17) is 9.72 Å². The standard InChI is InChI=1S/C25H30F3N7O3S/c1-24(34-6-8-38-9-7-34)14-33(15-24)21-20-13-29-35(18-5-3-4-16(10-18)25(26,27)28)22(20)32-23(31-21)30-17-11-19(12-17)39(2,36)37/h3-5,10,13,17,19H,6-9,11-12,14-15H2,1-2H3,(H,30,31,32)/t17-,19-. The molecule has 0 spiro atoms. The normalized spacial score (nSPS) is 23.9. The molecule has 10 nitrogen and oxygen atoms in total. The third-order valence-corrected chi connectivity index (χ3v) is 9.59. The summed E-state index contributed by atoms with van der Waals surface area (Å²) in [5.41, 5.74) is -0.220. The number of aromatic nitrogens is 4. The molecule has 210 valence electrons. The van der Waals surface area contributed by atoms with Crippen molar-refractivity contribution < 1.29 is 26.3 Å². The Kier molecular flexibility index (Phi) is 6.27. The van der Waals surface area contributed by atoms with E-state index in [-0.39, 0.29) is 17.3 Å². The van der Waals surface area contributed by atoms with Crippen LogP contribution in [0.1, 0.15) is 25.3 Å². The molecule has 3 aromatic rings. The minimum atomic E-state index is -4.49. The quantitative estimate of drug-likeness (QED) is 0.483. The van der Waals surface area contributed by atoms with Gasteiger partial charge in [0, 0.05) is 38.5 Å². The first-order valence-corrected chi connectivity index (χ1v) is 14.8. The van der Waals surface area contributed by atoms with Gasteiger partial charge in [-0.3, -0.25) is 4.90 Å². The van der Waals surface area contributed by atoms with Crippen LogP contribution >= 0.6 is 0 Å². The number of anilines is 2. The topological polar surface area (TPSA) is 105 Å². The molecule has 4 heterocycles. The molecule has 1 N–H and O–H groups in total. The van der Waals surface area contributed by atoms with Crippen LogP contribution in [0.15, 0.2) is 30.5 Å². The lowest BCUT2D eigenvalue weighted by molar-refractivity contribution is -0.137. The number of nitrogens with one attached hydrogen (secondary N) is 1. The van der Waals surface area contributed by atoms with E-state index >= 15 is 0 Å². The molecule has 0 unspecified atom stereocenters. The van der Waals surface area contributed by atoms with E-state index in [0.29, 0.717) is 61.9 Å². The first-order chi connectivity index (χ1) is 18.4. The summed E-state index contributed by atoms with van der Waals surface area (Å²) in [6, 6.07) is 4.84. The van der Waals surface area contributed by atoms with Gasteiger partial charge in [0.15, 0.2) is 5.65 Å². The van der Waals surface area contributed by atoms with Gasteiger partial charge in [-0.2, -0.15) is 28.2 Å². The zero-order chi connectivity index (χ0) is 27.6. The molecule has 2 saturated heterocycles. The van der Waals surface area contributed by atoms with Crippen molar-refractivity contribution >= 4 is 32.6 Å². The summed E-state index contributed by atoms with van der Waals surface area (Å²) < 4.78 is 70.9. The molecular weight excluding hydrogens is 535 g/mol. The number of hydrogen-bond donors (Lipinski definition) is 1. The lowest BCUT2D eigenvalue weighted by Crippen LogP contribution is -2.70. The average Bonchev–Trinajstić information content (AvgIpc) is 3.27. The molecule has 1 aliphatic carbocycles. The average molecular weight is 566 g/mol. The number of sulfone groups is 1. The highest BCUT2D eigenvalue weighted by molar-refractivity contribution is 7.91. The van der Waals surface area contributed by atoms with Crippen molar-refractivity contribution in [3.05, 3.63) is 36.0 Å². The van der Waals surface area contributed by atoms with Gasteiger partial charge < -0.3 is 15.0 Å². The van der Waals surface area contributed by atoms with Gasteiger partial charge in [0.25, 0.3) is 0 Å². The maximum absolute atomic E-state index is 13.4. The number of nitrogens with zero attached hydrogens (tertiary/aromatic N) is 6. The van der Waals surface area contributed by atoms with Gasteiger partial charge in [0.05, 0.1) is 46.8 Å². The van der Waals surface area contributed by atoms with Gasteiger partial charge >= 0.3 is 6.18 Å². The monoisotopic (exact) mass is 565 g/mol. The highest BCUT2D eigenvalue weighted by Gasteiger charge is 2.45. The zero-order valence-corrected chi connectivity index (χ0v) is 22.5. The Balaban J connectivity index is 1.34. The van der Waals surface area contributed by atoms with Crippen LogP contribution in [0.25, 0.3) is 16.7 Å². The summed E-state index contributed by atoms with van der Waals surface area (Å²) in [6.45, 7) is 6.74. The van der Waals surface area contributed by atoms with E-state index in [9.17, 15) is 21.6 Å². The third-order valence-electron chi connectivity index (χ3n) is 8.00. The van der Waals surface area contributed by atoms with E-state index in [1.54, 1.807) is 12.3 Å². The Hall–Kier alpha value is -2.97. The van der Waals surface area contributed by atoms with Gasteiger partial charge in [0.2, 0.25) is 5.95 Å². The maximum atomic E-state index is 13.4. The summed E-state index contributed by atoms with van der Waals surface area (Å²) in [4.78, 5) is 14.0. The largest absolute Gasteiger partial charge is 0.416 e. The van der Waals surface area contributed by atoms with Crippen LogP contribution in [0.5, 0.6) is 0 Å². The smallest absolute Gasteiger partial charge is 0.379 e. The summed E-state index contributed by atoms with van der Waals surface area (Å²) in [6.07, 6.45) is -0.782. The van der Waals surface area contributed by atoms with Crippen LogP contribution < -0.4 is 10.2 Å². The first-order valence-electron chi connectivity index (χ1n) is 12.9. The van der Waals surface area contributed by atoms with Gasteiger partial charge in [-0.15, -0.1) is 0 Å². The van der Waals surface area contributed by atoms with Crippen molar-refractivity contribution in [2.75, 3.05) is 55.9 Å². The highest BCUT2D eigenvalue weighted by atomic mass is 32.2. The number of rotatable bonds is 6. The Morgan fingerprint density at radius 3 is 2.51 bits per heavy atom. The van der Waals surface area contributed by atoms with Crippen LogP contribution in [-0.2, 0) is 20.8 Å². The maximum Gasteiger partial charge on any atom is 0.416 e. The minimum absolute atomic E-state index is 0.0532. The lowest BCUT2D eigenvalue weighted by Gasteiger charge is -2.55. The third kappa shape index (κ3) is 4.93. The Morgan fingerprint density at radius 1 is 1.13 bits per heavy atom. The van der Waals surface area contributed by atoms with Gasteiger partial charge in [-0.25, -0.2) is 13.1 Å². The highest BCUT2D eigenvalue weighted by Crippen LogP contribution is 2.37. The Morgan fingerprint density at radius 2 is 1.85 bits per heavy atom. The molecule has 1 aromatic carbocycles. The fourth-order valence-corrected chi connectivity index (χ4v) is 6.81. The van der Waals surface area contributed by atoms with Crippen molar-refractivity contribution in [2.24, 2.45) is 0 Å². The van der Waals surface area contributed by atoms with Crippen molar-refractivity contribution in [1.82, 2.24) is 24.6 Å². The number of benzene rings is 1. The lowest BCUT2D eigenvalue weighted by atomic mass is 9.89. The number of morpholine rings is 1. The van der Waals surface area contributed by atoms with Crippen molar-refractivity contribution in [3.63, 3.8) is 0 Å². The molecule has 2 aliphatic heterocycles. The second-order valence-corrected chi connectivity index (χ2v) is 13.3. The van der Waals surface area contributed by atoms with E-state index in [0.717, 1.165) is 25.2 Å². The summed E-state index contributed by atoms with van der Waals surface area (Å²) >= 11 is 0.